The number of nitrogens with zero attached hydrogens (tertiary/aromatic N) is 3. The molecule has 228 valence electrons. The maximum atomic E-state index is 14.0. The molecule has 0 aliphatic carbocycles. The number of carbonyl (C=O) groups excluding carboxylic acids is 3. The summed E-state index contributed by atoms with van der Waals surface area (Å²) < 4.78 is 31.7. The number of carbonyl (C=O) groups is 3. The summed E-state index contributed by atoms with van der Waals surface area (Å²) >= 11 is 0. The number of benzene rings is 2. The van der Waals surface area contributed by atoms with Gasteiger partial charge >= 0.3 is 0 Å². The Kier molecular flexibility index (Phi) is 10.6. The number of hydrazone groups is 1. The number of ether oxygens (including phenoxy) is 1. The van der Waals surface area contributed by atoms with E-state index in [1.165, 1.54) is 4.90 Å². The summed E-state index contributed by atoms with van der Waals surface area (Å²) in [5, 5.41) is 9.10. The molecule has 2 atom stereocenters. The van der Waals surface area contributed by atoms with Gasteiger partial charge in [0.05, 0.1) is 37.3 Å². The lowest BCUT2D eigenvalue weighted by atomic mass is 9.73. The summed E-state index contributed by atoms with van der Waals surface area (Å²) in [5.74, 6) is -1.30. The Morgan fingerprint density at radius 1 is 1.12 bits per heavy atom. The summed E-state index contributed by atoms with van der Waals surface area (Å²) in [7, 11) is -1.83. The molecule has 2 aromatic carbocycles. The number of fused-ring (bicyclic) bond motifs is 1. The number of hydrogen-bond donors (Lipinski definition) is 3. The van der Waals surface area contributed by atoms with Gasteiger partial charge in [-0.3, -0.25) is 28.8 Å². The Hall–Kier alpha value is -3.65. The van der Waals surface area contributed by atoms with E-state index in [0.29, 0.717) is 25.6 Å². The lowest BCUT2D eigenvalue weighted by Crippen LogP contribution is -2.63. The van der Waals surface area contributed by atoms with Crippen molar-refractivity contribution in [2.45, 2.75) is 44.9 Å². The summed E-state index contributed by atoms with van der Waals surface area (Å²) in [6.45, 7) is 3.88. The number of likely N-dealkylation sites (tertiary alicyclic amines) is 1. The first-order chi connectivity index (χ1) is 19.6. The molecule has 2 heterocycles. The van der Waals surface area contributed by atoms with Crippen LogP contribution in [0.3, 0.4) is 0 Å². The SMILES string of the molecule is CN1C[C@@]2(Cc3ccccc3)C(=O)N(C(=O)[C@@H](COCc3ccccc3)NC(=O)C(C)(C)N)CCC2=N1.CS(=O)(=O)O. The fourth-order valence-corrected chi connectivity index (χ4v) is 4.84. The molecule has 12 nitrogen and oxygen atoms in total. The van der Waals surface area contributed by atoms with Crippen molar-refractivity contribution < 1.29 is 32.1 Å². The van der Waals surface area contributed by atoms with Crippen molar-refractivity contribution in [2.75, 3.05) is 33.0 Å². The van der Waals surface area contributed by atoms with Crippen molar-refractivity contribution in [3.8, 4) is 0 Å². The Morgan fingerprint density at radius 3 is 2.21 bits per heavy atom. The van der Waals surface area contributed by atoms with Crippen LogP contribution in [0.1, 0.15) is 31.4 Å². The van der Waals surface area contributed by atoms with E-state index >= 15 is 0 Å². The first-order valence-electron chi connectivity index (χ1n) is 13.4. The first kappa shape index (κ1) is 32.9. The summed E-state index contributed by atoms with van der Waals surface area (Å²) in [5.41, 5.74) is 6.56. The molecule has 0 spiro atoms. The monoisotopic (exact) mass is 601 g/mol. The molecule has 1 fully saturated rings. The van der Waals surface area contributed by atoms with Gasteiger partial charge in [0.15, 0.2) is 0 Å². The Bertz CT molecular complexity index is 1390. The lowest BCUT2D eigenvalue weighted by Gasteiger charge is -2.40. The zero-order valence-electron chi connectivity index (χ0n) is 24.3. The maximum Gasteiger partial charge on any atom is 0.261 e. The number of rotatable bonds is 9. The predicted molar refractivity (Wildman–Crippen MR) is 158 cm³/mol. The molecule has 0 radical (unpaired) electrons. The van der Waals surface area contributed by atoms with Crippen LogP contribution in [0.2, 0.25) is 0 Å². The molecule has 13 heteroatoms. The van der Waals surface area contributed by atoms with Crippen molar-refractivity contribution in [1.29, 1.82) is 0 Å². The lowest BCUT2D eigenvalue weighted by molar-refractivity contribution is -0.153. The average molecular weight is 602 g/mol. The normalized spacial score (nSPS) is 19.3. The highest BCUT2D eigenvalue weighted by molar-refractivity contribution is 7.85. The summed E-state index contributed by atoms with van der Waals surface area (Å²) in [6.07, 6.45) is 1.63. The molecular formula is C29H39N5O7S. The number of piperidine rings is 1. The Labute approximate surface area is 246 Å². The quantitative estimate of drug-likeness (QED) is 0.357. The molecule has 2 aliphatic heterocycles. The van der Waals surface area contributed by atoms with Crippen LogP contribution in [0.5, 0.6) is 0 Å². The van der Waals surface area contributed by atoms with Crippen LogP contribution in [0, 0.1) is 5.41 Å². The van der Waals surface area contributed by atoms with Crippen LogP contribution in [-0.2, 0) is 42.3 Å². The highest BCUT2D eigenvalue weighted by Gasteiger charge is 2.54. The zero-order chi connectivity index (χ0) is 31.1. The van der Waals surface area contributed by atoms with Crippen LogP contribution < -0.4 is 11.1 Å². The standard InChI is InChI=1S/C28H35N5O4.CH4O3S/c1-27(2,29)25(35)30-22(18-37-17-21-12-8-5-9-13-21)24(34)33-15-14-23-28(26(33)36,19-32(3)31-23)16-20-10-6-4-7-11-20;1-5(2,3)4/h4-13,22H,14-19,29H2,1-3H3,(H,30,35);1H3,(H,2,3,4)/t22-,28-;/m1./s1. The van der Waals surface area contributed by atoms with E-state index in [0.717, 1.165) is 16.8 Å². The number of imide groups is 1. The minimum atomic E-state index is -3.67. The van der Waals surface area contributed by atoms with Crippen molar-refractivity contribution >= 4 is 33.6 Å². The van der Waals surface area contributed by atoms with E-state index in [9.17, 15) is 22.8 Å². The topological polar surface area (TPSA) is 172 Å². The molecule has 4 rings (SSSR count). The van der Waals surface area contributed by atoms with Gasteiger partial charge < -0.3 is 15.8 Å². The van der Waals surface area contributed by atoms with E-state index in [2.05, 4.69) is 10.4 Å². The molecule has 0 bridgehead atoms. The van der Waals surface area contributed by atoms with E-state index < -0.39 is 38.9 Å². The zero-order valence-corrected chi connectivity index (χ0v) is 25.1. The van der Waals surface area contributed by atoms with Gasteiger partial charge in [0.1, 0.15) is 11.5 Å². The highest BCUT2D eigenvalue weighted by Crippen LogP contribution is 2.38. The van der Waals surface area contributed by atoms with Crippen molar-refractivity contribution in [2.24, 2.45) is 16.3 Å². The fraction of sp³-hybridized carbons (Fsp3) is 0.448. The predicted octanol–water partition coefficient (Wildman–Crippen LogP) is 1.22. The average Bonchev–Trinajstić information content (AvgIpc) is 3.24. The van der Waals surface area contributed by atoms with Gasteiger partial charge in [-0.25, -0.2) is 0 Å². The molecule has 2 aromatic rings. The van der Waals surface area contributed by atoms with Gasteiger partial charge in [0.2, 0.25) is 11.8 Å². The number of nitrogens with one attached hydrogen (secondary N) is 1. The van der Waals surface area contributed by atoms with E-state index in [-0.39, 0.29) is 25.7 Å². The third-order valence-corrected chi connectivity index (χ3v) is 6.77. The van der Waals surface area contributed by atoms with E-state index in [1.807, 2.05) is 67.7 Å². The second-order valence-corrected chi connectivity index (χ2v) is 12.6. The minimum Gasteiger partial charge on any atom is -0.374 e. The Balaban J connectivity index is 0.000000892. The van der Waals surface area contributed by atoms with Gasteiger partial charge in [-0.05, 0) is 31.4 Å². The molecule has 42 heavy (non-hydrogen) atoms. The number of nitrogens with two attached hydrogens (primary N) is 1. The van der Waals surface area contributed by atoms with Crippen LogP contribution in [0.15, 0.2) is 65.8 Å². The van der Waals surface area contributed by atoms with Gasteiger partial charge in [0.25, 0.3) is 16.0 Å². The second kappa shape index (κ2) is 13.6. The van der Waals surface area contributed by atoms with E-state index in [4.69, 9.17) is 15.0 Å². The minimum absolute atomic E-state index is 0.0914. The molecule has 0 saturated carbocycles. The summed E-state index contributed by atoms with van der Waals surface area (Å²) in [6, 6.07) is 18.2. The van der Waals surface area contributed by atoms with Crippen LogP contribution in [-0.4, -0.2) is 90.9 Å². The van der Waals surface area contributed by atoms with Crippen molar-refractivity contribution in [1.82, 2.24) is 15.2 Å². The van der Waals surface area contributed by atoms with Crippen molar-refractivity contribution in [3.63, 3.8) is 0 Å². The third kappa shape index (κ3) is 8.92. The second-order valence-electron chi connectivity index (χ2n) is 11.1. The van der Waals surface area contributed by atoms with Crippen LogP contribution in [0.4, 0.5) is 0 Å². The number of amides is 3. The van der Waals surface area contributed by atoms with Gasteiger partial charge in [-0.1, -0.05) is 60.7 Å². The molecule has 3 amide bonds. The van der Waals surface area contributed by atoms with Crippen molar-refractivity contribution in [3.05, 3.63) is 71.8 Å². The molecule has 1 saturated heterocycles. The van der Waals surface area contributed by atoms with Crippen LogP contribution >= 0.6 is 0 Å². The summed E-state index contributed by atoms with van der Waals surface area (Å²) in [4.78, 5) is 41.8. The fourth-order valence-electron chi connectivity index (χ4n) is 4.84. The first-order valence-corrected chi connectivity index (χ1v) is 15.3. The highest BCUT2D eigenvalue weighted by atomic mass is 32.2. The molecule has 4 N–H and O–H groups in total. The Morgan fingerprint density at radius 2 is 1.67 bits per heavy atom. The molecular weight excluding hydrogens is 562 g/mol. The van der Waals surface area contributed by atoms with Gasteiger partial charge in [-0.2, -0.15) is 13.5 Å². The van der Waals surface area contributed by atoms with Crippen LogP contribution in [0.25, 0.3) is 0 Å². The van der Waals surface area contributed by atoms with E-state index in [1.54, 1.807) is 18.9 Å². The third-order valence-electron chi connectivity index (χ3n) is 6.77. The maximum absolute atomic E-state index is 14.0. The molecule has 0 aromatic heterocycles. The largest absolute Gasteiger partial charge is 0.374 e. The molecule has 2 aliphatic rings. The number of hydrogen-bond acceptors (Lipinski definition) is 9. The molecule has 0 unspecified atom stereocenters. The van der Waals surface area contributed by atoms with Gasteiger partial charge in [0, 0.05) is 20.0 Å². The smallest absolute Gasteiger partial charge is 0.261 e. The van der Waals surface area contributed by atoms with Gasteiger partial charge in [-0.15, -0.1) is 0 Å².